The Hall–Kier alpha value is -1.44. The van der Waals surface area contributed by atoms with Crippen LogP contribution in [0.3, 0.4) is 0 Å². The highest BCUT2D eigenvalue weighted by Crippen LogP contribution is 2.16. The van der Waals surface area contributed by atoms with E-state index < -0.39 is 15.9 Å². The van der Waals surface area contributed by atoms with Crippen molar-refractivity contribution in [3.05, 3.63) is 29.8 Å². The highest BCUT2D eigenvalue weighted by molar-refractivity contribution is 7.89. The number of sulfonamides is 1. The first-order valence-corrected chi connectivity index (χ1v) is 8.46. The lowest BCUT2D eigenvalue weighted by Crippen LogP contribution is -2.28. The second-order valence-electron chi connectivity index (χ2n) is 4.86. The van der Waals surface area contributed by atoms with E-state index in [-0.39, 0.29) is 23.9 Å². The number of hydrogen-bond acceptors (Lipinski definition) is 4. The summed E-state index contributed by atoms with van der Waals surface area (Å²) < 4.78 is 26.3. The molecule has 4 N–H and O–H groups in total. The van der Waals surface area contributed by atoms with Crippen LogP contribution < -0.4 is 15.8 Å². The molecule has 1 rings (SSSR count). The minimum Gasteiger partial charge on any atom is -0.370 e. The van der Waals surface area contributed by atoms with Gasteiger partial charge in [0.25, 0.3) is 0 Å². The molecule has 0 aliphatic heterocycles. The predicted molar refractivity (Wildman–Crippen MR) is 82.2 cm³/mol. The molecule has 1 aromatic rings. The average Bonchev–Trinajstić information content (AvgIpc) is 2.44. The van der Waals surface area contributed by atoms with Gasteiger partial charge in [0.1, 0.15) is 0 Å². The zero-order valence-electron chi connectivity index (χ0n) is 12.4. The lowest BCUT2D eigenvalue weighted by Gasteiger charge is -2.14. The molecule has 118 valence electrons. The average molecular weight is 313 g/mol. The Morgan fingerprint density at radius 3 is 2.38 bits per heavy atom. The fraction of sp³-hybridized carbons (Fsp3) is 0.500. The van der Waals surface area contributed by atoms with E-state index in [1.165, 1.54) is 0 Å². The minimum atomic E-state index is -3.59. The molecule has 0 spiro atoms. The van der Waals surface area contributed by atoms with Gasteiger partial charge in [0.15, 0.2) is 0 Å². The van der Waals surface area contributed by atoms with E-state index >= 15 is 0 Å². The first-order valence-electron chi connectivity index (χ1n) is 6.98. The van der Waals surface area contributed by atoms with Gasteiger partial charge in [-0.3, -0.25) is 4.79 Å². The molecule has 0 saturated carbocycles. The van der Waals surface area contributed by atoms with E-state index in [1.54, 1.807) is 24.3 Å². The third-order valence-electron chi connectivity index (χ3n) is 3.05. The quantitative estimate of drug-likeness (QED) is 0.630. The number of nitrogens with one attached hydrogen (secondary N) is 2. The van der Waals surface area contributed by atoms with E-state index in [1.807, 2.05) is 6.92 Å². The van der Waals surface area contributed by atoms with Gasteiger partial charge in [0.2, 0.25) is 15.9 Å². The molecule has 1 aromatic carbocycles. The number of rotatable bonds is 9. The molecule has 6 nitrogen and oxygen atoms in total. The largest absolute Gasteiger partial charge is 0.370 e. The van der Waals surface area contributed by atoms with Crippen molar-refractivity contribution >= 4 is 15.9 Å². The van der Waals surface area contributed by atoms with Crippen LogP contribution in [0, 0.1) is 0 Å². The highest BCUT2D eigenvalue weighted by atomic mass is 32.2. The van der Waals surface area contributed by atoms with Gasteiger partial charge < -0.3 is 11.1 Å². The highest BCUT2D eigenvalue weighted by Gasteiger charge is 2.14. The Bertz CT molecular complexity index is 555. The van der Waals surface area contributed by atoms with Crippen LogP contribution in [0.1, 0.15) is 38.3 Å². The van der Waals surface area contributed by atoms with Crippen LogP contribution in [0.4, 0.5) is 0 Å². The fourth-order valence-electron chi connectivity index (χ4n) is 1.81. The van der Waals surface area contributed by atoms with Gasteiger partial charge in [-0.25, -0.2) is 13.1 Å². The summed E-state index contributed by atoms with van der Waals surface area (Å²) in [5.41, 5.74) is 6.00. The maximum absolute atomic E-state index is 12.0. The van der Waals surface area contributed by atoms with Gasteiger partial charge in [0, 0.05) is 19.0 Å². The number of nitrogens with two attached hydrogens (primary N) is 1. The van der Waals surface area contributed by atoms with Crippen molar-refractivity contribution in [2.75, 3.05) is 13.1 Å². The Morgan fingerprint density at radius 2 is 1.86 bits per heavy atom. The van der Waals surface area contributed by atoms with Gasteiger partial charge >= 0.3 is 0 Å². The summed E-state index contributed by atoms with van der Waals surface area (Å²) in [5, 5.41) is 3.34. The molecule has 7 heteroatoms. The number of carbonyl (C=O) groups excluding carboxylic acids is 1. The van der Waals surface area contributed by atoms with E-state index in [2.05, 4.69) is 17.0 Å². The van der Waals surface area contributed by atoms with Crippen LogP contribution in [0.15, 0.2) is 29.2 Å². The second kappa shape index (κ2) is 8.11. The van der Waals surface area contributed by atoms with Crippen molar-refractivity contribution in [2.24, 2.45) is 5.73 Å². The fourth-order valence-corrected chi connectivity index (χ4v) is 2.84. The molecule has 0 heterocycles. The molecule has 0 radical (unpaired) electrons. The topological polar surface area (TPSA) is 101 Å². The Kier molecular flexibility index (Phi) is 6.80. The summed E-state index contributed by atoms with van der Waals surface area (Å²) in [6, 6.07) is 6.87. The first-order chi connectivity index (χ1) is 9.86. The van der Waals surface area contributed by atoms with Gasteiger partial charge in [-0.15, -0.1) is 0 Å². The van der Waals surface area contributed by atoms with E-state index in [0.29, 0.717) is 0 Å². The van der Waals surface area contributed by atoms with Crippen LogP contribution in [0.25, 0.3) is 0 Å². The van der Waals surface area contributed by atoms with Crippen molar-refractivity contribution in [3.8, 4) is 0 Å². The van der Waals surface area contributed by atoms with Crippen molar-refractivity contribution in [3.63, 3.8) is 0 Å². The lowest BCUT2D eigenvalue weighted by atomic mass is 10.1. The SMILES string of the molecule is CCCNC(C)c1ccc(S(=O)(=O)NCCC(N)=O)cc1. The minimum absolute atomic E-state index is 0.00781. The van der Waals surface area contributed by atoms with Gasteiger partial charge in [-0.2, -0.15) is 0 Å². The normalized spacial score (nSPS) is 13.0. The third-order valence-corrected chi connectivity index (χ3v) is 4.53. The summed E-state index contributed by atoms with van der Waals surface area (Å²) >= 11 is 0. The maximum Gasteiger partial charge on any atom is 0.240 e. The Balaban J connectivity index is 2.70. The van der Waals surface area contributed by atoms with Crippen LogP contribution in [-0.2, 0) is 14.8 Å². The third kappa shape index (κ3) is 5.82. The monoisotopic (exact) mass is 313 g/mol. The standard InChI is InChI=1S/C14H23N3O3S/c1-3-9-16-11(2)12-4-6-13(7-5-12)21(19,20)17-10-8-14(15)18/h4-7,11,16-17H,3,8-10H2,1-2H3,(H2,15,18). The molecular formula is C14H23N3O3S. The summed E-state index contributed by atoms with van der Waals surface area (Å²) in [6.45, 7) is 5.04. The molecule has 0 aromatic heterocycles. The molecule has 0 aliphatic carbocycles. The van der Waals surface area contributed by atoms with Gasteiger partial charge in [-0.1, -0.05) is 19.1 Å². The number of hydrogen-bond donors (Lipinski definition) is 3. The summed E-state index contributed by atoms with van der Waals surface area (Å²) in [5.74, 6) is -0.538. The molecule has 0 aliphatic rings. The number of carbonyl (C=O) groups is 1. The molecule has 1 amide bonds. The van der Waals surface area contributed by atoms with Crippen LogP contribution in [0.2, 0.25) is 0 Å². The molecular weight excluding hydrogens is 290 g/mol. The van der Waals surface area contributed by atoms with E-state index in [9.17, 15) is 13.2 Å². The Labute approximate surface area is 126 Å². The predicted octanol–water partition coefficient (Wildman–Crippen LogP) is 0.901. The number of primary amides is 1. The summed E-state index contributed by atoms with van der Waals surface area (Å²) in [4.78, 5) is 10.8. The maximum atomic E-state index is 12.0. The van der Waals surface area contributed by atoms with Crippen LogP contribution >= 0.6 is 0 Å². The zero-order valence-corrected chi connectivity index (χ0v) is 13.2. The van der Waals surface area contributed by atoms with E-state index in [0.717, 1.165) is 18.5 Å². The van der Waals surface area contributed by atoms with E-state index in [4.69, 9.17) is 5.73 Å². The summed E-state index contributed by atoms with van der Waals surface area (Å²) in [7, 11) is -3.59. The zero-order chi connectivity index (χ0) is 15.9. The lowest BCUT2D eigenvalue weighted by molar-refractivity contribution is -0.117. The second-order valence-corrected chi connectivity index (χ2v) is 6.63. The van der Waals surface area contributed by atoms with Gasteiger partial charge in [0.05, 0.1) is 4.90 Å². The summed E-state index contributed by atoms with van der Waals surface area (Å²) in [6.07, 6.45) is 1.02. The van der Waals surface area contributed by atoms with Crippen LogP contribution in [-0.4, -0.2) is 27.4 Å². The van der Waals surface area contributed by atoms with Crippen molar-refractivity contribution < 1.29 is 13.2 Å². The molecule has 0 bridgehead atoms. The van der Waals surface area contributed by atoms with Crippen molar-refractivity contribution in [1.82, 2.24) is 10.0 Å². The molecule has 21 heavy (non-hydrogen) atoms. The molecule has 0 saturated heterocycles. The van der Waals surface area contributed by atoms with Crippen LogP contribution in [0.5, 0.6) is 0 Å². The molecule has 1 unspecified atom stereocenters. The molecule has 1 atom stereocenters. The smallest absolute Gasteiger partial charge is 0.240 e. The molecule has 0 fully saturated rings. The number of amides is 1. The van der Waals surface area contributed by atoms with Gasteiger partial charge in [-0.05, 0) is 37.6 Å². The van der Waals surface area contributed by atoms with Crippen molar-refractivity contribution in [2.45, 2.75) is 37.6 Å². The first kappa shape index (κ1) is 17.6. The Morgan fingerprint density at radius 1 is 1.24 bits per heavy atom. The number of benzene rings is 1. The van der Waals surface area contributed by atoms with Crippen molar-refractivity contribution in [1.29, 1.82) is 0 Å².